The number of nitrogens with one attached hydrogen (secondary N) is 1. The highest BCUT2D eigenvalue weighted by molar-refractivity contribution is 5.64. The van der Waals surface area contributed by atoms with Crippen molar-refractivity contribution in [1.82, 2.24) is 24.7 Å². The monoisotopic (exact) mass is 356 g/mol. The van der Waals surface area contributed by atoms with Crippen LogP contribution < -0.4 is 5.32 Å². The fourth-order valence-corrected chi connectivity index (χ4v) is 2.84. The van der Waals surface area contributed by atoms with Crippen LogP contribution in [0.25, 0.3) is 11.4 Å². The number of rotatable bonds is 5. The van der Waals surface area contributed by atoms with E-state index in [0.29, 0.717) is 5.82 Å². The molecule has 0 fully saturated rings. The van der Waals surface area contributed by atoms with Crippen molar-refractivity contribution in [2.45, 2.75) is 20.4 Å². The zero-order valence-electron chi connectivity index (χ0n) is 15.3. The molecule has 4 aromatic rings. The van der Waals surface area contributed by atoms with Crippen LogP contribution in [-0.4, -0.2) is 24.7 Å². The highest BCUT2D eigenvalue weighted by Crippen LogP contribution is 2.24. The maximum Gasteiger partial charge on any atom is 0.163 e. The maximum absolute atomic E-state index is 4.72. The van der Waals surface area contributed by atoms with Crippen LogP contribution in [-0.2, 0) is 6.54 Å². The van der Waals surface area contributed by atoms with Crippen molar-refractivity contribution in [1.29, 1.82) is 0 Å². The van der Waals surface area contributed by atoms with E-state index in [-0.39, 0.29) is 0 Å². The van der Waals surface area contributed by atoms with Crippen LogP contribution in [0.5, 0.6) is 0 Å². The van der Waals surface area contributed by atoms with E-state index in [1.807, 2.05) is 55.1 Å². The number of hydrogen-bond donors (Lipinski definition) is 1. The summed E-state index contributed by atoms with van der Waals surface area (Å²) in [5.41, 5.74) is 5.02. The van der Waals surface area contributed by atoms with Gasteiger partial charge in [-0.2, -0.15) is 5.10 Å². The molecule has 0 amide bonds. The first-order valence-electron chi connectivity index (χ1n) is 8.78. The number of hydrogen-bond acceptors (Lipinski definition) is 5. The van der Waals surface area contributed by atoms with Gasteiger partial charge in [0, 0.05) is 47.3 Å². The number of benzene rings is 1. The molecule has 0 saturated heterocycles. The topological polar surface area (TPSA) is 68.5 Å². The molecule has 0 aliphatic carbocycles. The SMILES string of the molecule is Cc1nc(-c2cccnc2)nc(Nc2cccc(Cn3cccn3)c2)c1C. The second-order valence-electron chi connectivity index (χ2n) is 6.38. The minimum Gasteiger partial charge on any atom is -0.340 e. The minimum atomic E-state index is 0.668. The van der Waals surface area contributed by atoms with Gasteiger partial charge in [0.25, 0.3) is 0 Å². The molecule has 0 spiro atoms. The molecule has 0 aliphatic heterocycles. The molecule has 3 aromatic heterocycles. The normalized spacial score (nSPS) is 10.7. The molecule has 0 radical (unpaired) electrons. The van der Waals surface area contributed by atoms with Gasteiger partial charge >= 0.3 is 0 Å². The Bertz CT molecular complexity index is 1040. The molecular formula is C21H20N6. The lowest BCUT2D eigenvalue weighted by Crippen LogP contribution is -2.04. The largest absolute Gasteiger partial charge is 0.340 e. The summed E-state index contributed by atoms with van der Waals surface area (Å²) in [4.78, 5) is 13.5. The third-order valence-corrected chi connectivity index (χ3v) is 4.40. The van der Waals surface area contributed by atoms with E-state index in [0.717, 1.165) is 34.9 Å². The van der Waals surface area contributed by atoms with E-state index in [1.165, 1.54) is 5.56 Å². The zero-order chi connectivity index (χ0) is 18.6. The number of anilines is 2. The summed E-state index contributed by atoms with van der Waals surface area (Å²) in [6.45, 7) is 4.75. The van der Waals surface area contributed by atoms with Crippen LogP contribution in [0, 0.1) is 13.8 Å². The fourth-order valence-electron chi connectivity index (χ4n) is 2.84. The molecule has 0 saturated carbocycles. The Morgan fingerprint density at radius 3 is 2.70 bits per heavy atom. The molecule has 1 N–H and O–H groups in total. The van der Waals surface area contributed by atoms with E-state index in [4.69, 9.17) is 4.98 Å². The van der Waals surface area contributed by atoms with Gasteiger partial charge in [-0.3, -0.25) is 9.67 Å². The summed E-state index contributed by atoms with van der Waals surface area (Å²) in [6.07, 6.45) is 7.26. The summed E-state index contributed by atoms with van der Waals surface area (Å²) in [5, 5.41) is 7.71. The van der Waals surface area contributed by atoms with Gasteiger partial charge in [-0.1, -0.05) is 12.1 Å². The minimum absolute atomic E-state index is 0.668. The van der Waals surface area contributed by atoms with Gasteiger partial charge < -0.3 is 5.32 Å². The summed E-state index contributed by atoms with van der Waals surface area (Å²) in [5.74, 6) is 1.47. The van der Waals surface area contributed by atoms with Crippen molar-refractivity contribution in [2.24, 2.45) is 0 Å². The molecule has 0 bridgehead atoms. The Balaban J connectivity index is 1.63. The predicted octanol–water partition coefficient (Wildman–Crippen LogP) is 4.14. The lowest BCUT2D eigenvalue weighted by molar-refractivity contribution is 0.687. The molecule has 6 heteroatoms. The summed E-state index contributed by atoms with van der Waals surface area (Å²) in [6, 6.07) is 14.1. The summed E-state index contributed by atoms with van der Waals surface area (Å²) < 4.78 is 1.90. The van der Waals surface area contributed by atoms with Crippen LogP contribution in [0.15, 0.2) is 67.3 Å². The first kappa shape index (κ1) is 16.9. The van der Waals surface area contributed by atoms with E-state index in [9.17, 15) is 0 Å². The molecule has 0 aliphatic rings. The quantitative estimate of drug-likeness (QED) is 0.582. The van der Waals surface area contributed by atoms with Crippen LogP contribution >= 0.6 is 0 Å². The Morgan fingerprint density at radius 2 is 1.93 bits per heavy atom. The van der Waals surface area contributed by atoms with Crippen molar-refractivity contribution in [3.63, 3.8) is 0 Å². The molecular weight excluding hydrogens is 336 g/mol. The Morgan fingerprint density at radius 1 is 1.00 bits per heavy atom. The van der Waals surface area contributed by atoms with Crippen LogP contribution in [0.2, 0.25) is 0 Å². The average molecular weight is 356 g/mol. The number of aromatic nitrogens is 5. The molecule has 6 nitrogen and oxygen atoms in total. The third-order valence-electron chi connectivity index (χ3n) is 4.40. The van der Waals surface area contributed by atoms with Gasteiger partial charge in [0.15, 0.2) is 5.82 Å². The van der Waals surface area contributed by atoms with Gasteiger partial charge in [0.05, 0.1) is 6.54 Å². The molecule has 3 heterocycles. The van der Waals surface area contributed by atoms with Crippen molar-refractivity contribution in [3.8, 4) is 11.4 Å². The summed E-state index contributed by atoms with van der Waals surface area (Å²) in [7, 11) is 0. The van der Waals surface area contributed by atoms with E-state index >= 15 is 0 Å². The highest BCUT2D eigenvalue weighted by atomic mass is 15.3. The molecule has 27 heavy (non-hydrogen) atoms. The molecule has 1 aromatic carbocycles. The second-order valence-corrected chi connectivity index (χ2v) is 6.38. The first-order valence-corrected chi connectivity index (χ1v) is 8.78. The maximum atomic E-state index is 4.72. The van der Waals surface area contributed by atoms with Crippen LogP contribution in [0.1, 0.15) is 16.8 Å². The third kappa shape index (κ3) is 3.84. The smallest absolute Gasteiger partial charge is 0.163 e. The first-order chi connectivity index (χ1) is 13.2. The standard InChI is InChI=1S/C21H20N6/c1-15-16(2)24-21(18-7-4-9-22-13-18)26-20(15)25-19-8-3-6-17(12-19)14-27-11-5-10-23-27/h3-13H,14H2,1-2H3,(H,24,25,26). The Kier molecular flexibility index (Phi) is 4.61. The second kappa shape index (κ2) is 7.37. The van der Waals surface area contributed by atoms with E-state index < -0.39 is 0 Å². The Hall–Kier alpha value is -3.54. The van der Waals surface area contributed by atoms with Gasteiger partial charge in [-0.05, 0) is 49.7 Å². The number of aryl methyl sites for hydroxylation is 1. The van der Waals surface area contributed by atoms with Gasteiger partial charge in [0.1, 0.15) is 5.82 Å². The number of nitrogens with zero attached hydrogens (tertiary/aromatic N) is 5. The van der Waals surface area contributed by atoms with Crippen molar-refractivity contribution < 1.29 is 0 Å². The Labute approximate surface area is 158 Å². The van der Waals surface area contributed by atoms with Crippen molar-refractivity contribution in [2.75, 3.05) is 5.32 Å². The lowest BCUT2D eigenvalue weighted by Gasteiger charge is -2.13. The average Bonchev–Trinajstić information content (AvgIpc) is 3.19. The van der Waals surface area contributed by atoms with E-state index in [1.54, 1.807) is 18.6 Å². The molecule has 134 valence electrons. The van der Waals surface area contributed by atoms with Crippen LogP contribution in [0.4, 0.5) is 11.5 Å². The molecule has 0 atom stereocenters. The van der Waals surface area contributed by atoms with Crippen molar-refractivity contribution >= 4 is 11.5 Å². The lowest BCUT2D eigenvalue weighted by atomic mass is 10.2. The van der Waals surface area contributed by atoms with Gasteiger partial charge in [-0.15, -0.1) is 0 Å². The number of pyridine rings is 1. The van der Waals surface area contributed by atoms with E-state index in [2.05, 4.69) is 32.5 Å². The molecule has 0 unspecified atom stereocenters. The fraction of sp³-hybridized carbons (Fsp3) is 0.143. The van der Waals surface area contributed by atoms with Gasteiger partial charge in [-0.25, -0.2) is 9.97 Å². The van der Waals surface area contributed by atoms with Crippen LogP contribution in [0.3, 0.4) is 0 Å². The molecule has 4 rings (SSSR count). The highest BCUT2D eigenvalue weighted by Gasteiger charge is 2.10. The zero-order valence-corrected chi connectivity index (χ0v) is 15.3. The summed E-state index contributed by atoms with van der Waals surface area (Å²) >= 11 is 0. The van der Waals surface area contributed by atoms with Gasteiger partial charge in [0.2, 0.25) is 0 Å². The van der Waals surface area contributed by atoms with Crippen molar-refractivity contribution in [3.05, 3.63) is 84.1 Å². The predicted molar refractivity (Wildman–Crippen MR) is 106 cm³/mol.